The number of carbonyl (C=O) groups excluding carboxylic acids is 1. The third-order valence-electron chi connectivity index (χ3n) is 4.71. The molecule has 1 N–H and O–H groups in total. The fourth-order valence-corrected chi connectivity index (χ4v) is 3.36. The van der Waals surface area contributed by atoms with Crippen LogP contribution in [0.4, 0.5) is 11.5 Å². The molecule has 138 valence electrons. The Hall–Kier alpha value is -2.56. The summed E-state index contributed by atoms with van der Waals surface area (Å²) in [6.07, 6.45) is 3.78. The van der Waals surface area contributed by atoms with Crippen LogP contribution < -0.4 is 10.2 Å². The zero-order valence-corrected chi connectivity index (χ0v) is 15.6. The Morgan fingerprint density at radius 3 is 2.96 bits per heavy atom. The van der Waals surface area contributed by atoms with E-state index in [1.807, 2.05) is 19.2 Å². The topological polar surface area (TPSA) is 54.5 Å². The number of esters is 1. The number of carbonyl (C=O) groups is 1. The predicted octanol–water partition coefficient (Wildman–Crippen LogP) is 3.78. The van der Waals surface area contributed by atoms with Gasteiger partial charge in [0.05, 0.1) is 24.4 Å². The molecule has 0 saturated carbocycles. The number of nitrogens with one attached hydrogen (secondary N) is 1. The van der Waals surface area contributed by atoms with Crippen molar-refractivity contribution in [3.63, 3.8) is 0 Å². The van der Waals surface area contributed by atoms with Gasteiger partial charge in [0, 0.05) is 19.6 Å². The summed E-state index contributed by atoms with van der Waals surface area (Å²) in [6.45, 7) is 6.80. The van der Waals surface area contributed by atoms with Gasteiger partial charge in [0.1, 0.15) is 5.82 Å². The quantitative estimate of drug-likeness (QED) is 0.801. The van der Waals surface area contributed by atoms with E-state index in [4.69, 9.17) is 4.74 Å². The fraction of sp³-hybridized carbons (Fsp3) is 0.429. The maximum absolute atomic E-state index is 12.0. The molecule has 26 heavy (non-hydrogen) atoms. The van der Waals surface area contributed by atoms with E-state index < -0.39 is 0 Å². The van der Waals surface area contributed by atoms with Crippen LogP contribution in [0.2, 0.25) is 0 Å². The molecular weight excluding hydrogens is 326 g/mol. The highest BCUT2D eigenvalue weighted by molar-refractivity contribution is 5.73. The molecule has 1 aromatic carbocycles. The molecule has 5 nitrogen and oxygen atoms in total. The van der Waals surface area contributed by atoms with Gasteiger partial charge in [-0.3, -0.25) is 4.79 Å². The molecule has 1 unspecified atom stereocenters. The Morgan fingerprint density at radius 1 is 1.35 bits per heavy atom. The van der Waals surface area contributed by atoms with Crippen LogP contribution in [0.25, 0.3) is 0 Å². The highest BCUT2D eigenvalue weighted by atomic mass is 16.5. The molecule has 0 aliphatic carbocycles. The number of piperidine rings is 1. The predicted molar refractivity (Wildman–Crippen MR) is 104 cm³/mol. The number of pyridine rings is 1. The maximum Gasteiger partial charge on any atom is 0.310 e. The van der Waals surface area contributed by atoms with Crippen LogP contribution in [0.5, 0.6) is 0 Å². The van der Waals surface area contributed by atoms with Crippen molar-refractivity contribution >= 4 is 17.5 Å². The van der Waals surface area contributed by atoms with Gasteiger partial charge < -0.3 is 15.0 Å². The Labute approximate surface area is 155 Å². The van der Waals surface area contributed by atoms with E-state index in [0.717, 1.165) is 37.4 Å². The standard InChI is InChI=1S/C21H27N3O2/c1-3-26-21(25)18-8-5-11-24(15-18)19-9-10-20(23-14-19)22-13-17-7-4-6-16(2)12-17/h4,6-7,9-10,12,14,18H,3,5,8,11,13,15H2,1-2H3,(H,22,23). The van der Waals surface area contributed by atoms with E-state index >= 15 is 0 Å². The number of rotatable bonds is 6. The van der Waals surface area contributed by atoms with Crippen LogP contribution in [0.3, 0.4) is 0 Å². The van der Waals surface area contributed by atoms with E-state index in [1.54, 1.807) is 0 Å². The summed E-state index contributed by atoms with van der Waals surface area (Å²) in [7, 11) is 0. The Morgan fingerprint density at radius 2 is 2.23 bits per heavy atom. The highest BCUT2D eigenvalue weighted by Gasteiger charge is 2.27. The van der Waals surface area contributed by atoms with Crippen molar-refractivity contribution in [3.05, 3.63) is 53.7 Å². The molecule has 1 atom stereocenters. The molecular formula is C21H27N3O2. The molecule has 2 aromatic rings. The van der Waals surface area contributed by atoms with Crippen molar-refractivity contribution < 1.29 is 9.53 Å². The molecule has 2 heterocycles. The summed E-state index contributed by atoms with van der Waals surface area (Å²) in [5.41, 5.74) is 3.55. The van der Waals surface area contributed by atoms with E-state index in [1.165, 1.54) is 11.1 Å². The zero-order chi connectivity index (χ0) is 18.4. The first-order chi connectivity index (χ1) is 12.7. The molecule has 5 heteroatoms. The molecule has 1 aromatic heterocycles. The lowest BCUT2D eigenvalue weighted by molar-refractivity contribution is -0.148. The first-order valence-electron chi connectivity index (χ1n) is 9.32. The van der Waals surface area contributed by atoms with Gasteiger partial charge in [-0.25, -0.2) is 4.98 Å². The molecule has 1 saturated heterocycles. The molecule has 1 aliphatic rings. The maximum atomic E-state index is 12.0. The number of ether oxygens (including phenoxy) is 1. The Bertz CT molecular complexity index is 730. The van der Waals surface area contributed by atoms with Gasteiger partial charge in [0.15, 0.2) is 0 Å². The minimum atomic E-state index is -0.0819. The van der Waals surface area contributed by atoms with Gasteiger partial charge in [0.25, 0.3) is 0 Å². The van der Waals surface area contributed by atoms with Crippen LogP contribution >= 0.6 is 0 Å². The lowest BCUT2D eigenvalue weighted by Gasteiger charge is -2.33. The number of anilines is 2. The zero-order valence-electron chi connectivity index (χ0n) is 15.6. The van der Waals surface area contributed by atoms with Gasteiger partial charge in [-0.2, -0.15) is 0 Å². The van der Waals surface area contributed by atoms with Gasteiger partial charge in [-0.15, -0.1) is 0 Å². The van der Waals surface area contributed by atoms with Gasteiger partial charge in [-0.05, 0) is 44.4 Å². The third-order valence-corrected chi connectivity index (χ3v) is 4.71. The summed E-state index contributed by atoms with van der Waals surface area (Å²) >= 11 is 0. The minimum absolute atomic E-state index is 0.0391. The molecule has 1 fully saturated rings. The largest absolute Gasteiger partial charge is 0.466 e. The third kappa shape index (κ3) is 4.75. The Balaban J connectivity index is 1.57. The summed E-state index contributed by atoms with van der Waals surface area (Å²) in [4.78, 5) is 18.8. The molecule has 0 bridgehead atoms. The normalized spacial score (nSPS) is 17.0. The van der Waals surface area contributed by atoms with Crippen molar-refractivity contribution in [3.8, 4) is 0 Å². The molecule has 0 radical (unpaired) electrons. The number of hydrogen-bond acceptors (Lipinski definition) is 5. The summed E-state index contributed by atoms with van der Waals surface area (Å²) in [5.74, 6) is 0.735. The SMILES string of the molecule is CCOC(=O)C1CCCN(c2ccc(NCc3cccc(C)c3)nc2)C1. The van der Waals surface area contributed by atoms with Crippen LogP contribution in [0.15, 0.2) is 42.6 Å². The number of aryl methyl sites for hydroxylation is 1. The number of benzene rings is 1. The first-order valence-corrected chi connectivity index (χ1v) is 9.32. The van der Waals surface area contributed by atoms with Crippen LogP contribution in [0, 0.1) is 12.8 Å². The van der Waals surface area contributed by atoms with E-state index in [0.29, 0.717) is 13.2 Å². The van der Waals surface area contributed by atoms with Crippen LogP contribution in [-0.2, 0) is 16.1 Å². The average Bonchev–Trinajstić information content (AvgIpc) is 2.67. The lowest BCUT2D eigenvalue weighted by Crippen LogP contribution is -2.39. The average molecular weight is 353 g/mol. The lowest BCUT2D eigenvalue weighted by atomic mass is 9.98. The second-order valence-corrected chi connectivity index (χ2v) is 6.78. The van der Waals surface area contributed by atoms with Gasteiger partial charge in [0.2, 0.25) is 0 Å². The van der Waals surface area contributed by atoms with Crippen molar-refractivity contribution in [2.75, 3.05) is 29.9 Å². The van der Waals surface area contributed by atoms with Crippen LogP contribution in [0.1, 0.15) is 30.9 Å². The van der Waals surface area contributed by atoms with Crippen molar-refractivity contribution in [1.29, 1.82) is 0 Å². The molecule has 0 amide bonds. The minimum Gasteiger partial charge on any atom is -0.466 e. The van der Waals surface area contributed by atoms with Crippen molar-refractivity contribution in [2.45, 2.75) is 33.2 Å². The first kappa shape index (κ1) is 18.2. The van der Waals surface area contributed by atoms with E-state index in [2.05, 4.69) is 52.5 Å². The highest BCUT2D eigenvalue weighted by Crippen LogP contribution is 2.24. The number of nitrogens with zero attached hydrogens (tertiary/aromatic N) is 2. The molecule has 1 aliphatic heterocycles. The van der Waals surface area contributed by atoms with E-state index in [9.17, 15) is 4.79 Å². The fourth-order valence-electron chi connectivity index (χ4n) is 3.36. The summed E-state index contributed by atoms with van der Waals surface area (Å²) < 4.78 is 5.18. The number of hydrogen-bond donors (Lipinski definition) is 1. The summed E-state index contributed by atoms with van der Waals surface area (Å²) in [5, 5.41) is 3.36. The molecule has 0 spiro atoms. The van der Waals surface area contributed by atoms with Crippen molar-refractivity contribution in [1.82, 2.24) is 4.98 Å². The Kier molecular flexibility index (Phi) is 6.10. The second-order valence-electron chi connectivity index (χ2n) is 6.78. The number of aromatic nitrogens is 1. The molecule has 3 rings (SSSR count). The smallest absolute Gasteiger partial charge is 0.310 e. The van der Waals surface area contributed by atoms with Crippen LogP contribution in [-0.4, -0.2) is 30.6 Å². The monoisotopic (exact) mass is 353 g/mol. The van der Waals surface area contributed by atoms with Gasteiger partial charge in [-0.1, -0.05) is 29.8 Å². The summed E-state index contributed by atoms with van der Waals surface area (Å²) in [6, 6.07) is 12.5. The van der Waals surface area contributed by atoms with Crippen molar-refractivity contribution in [2.24, 2.45) is 5.92 Å². The second kappa shape index (κ2) is 8.70. The van der Waals surface area contributed by atoms with Gasteiger partial charge >= 0.3 is 5.97 Å². The van der Waals surface area contributed by atoms with E-state index in [-0.39, 0.29) is 11.9 Å².